The van der Waals surface area contributed by atoms with Crippen LogP contribution in [-0.4, -0.2) is 74.5 Å². The lowest BCUT2D eigenvalue weighted by molar-refractivity contribution is -0.133. The van der Waals surface area contributed by atoms with Gasteiger partial charge in [-0.05, 0) is 14.0 Å². The third kappa shape index (κ3) is 7.89. The van der Waals surface area contributed by atoms with Crippen LogP contribution in [0.3, 0.4) is 0 Å². The number of carbonyl (C=O) groups is 2. The van der Waals surface area contributed by atoms with Crippen molar-refractivity contribution in [3.8, 4) is 0 Å². The molecular formula is C12H26Cl2N4O2. The molecular weight excluding hydrogens is 303 g/mol. The molecule has 0 aliphatic carbocycles. The van der Waals surface area contributed by atoms with Gasteiger partial charge in [-0.15, -0.1) is 24.8 Å². The zero-order chi connectivity index (χ0) is 13.4. The summed E-state index contributed by atoms with van der Waals surface area (Å²) in [6.45, 7) is 6.75. The van der Waals surface area contributed by atoms with E-state index in [1.807, 2.05) is 18.9 Å². The Hall–Kier alpha value is -0.560. The normalized spacial score (nSPS) is 15.0. The second-order valence-electron chi connectivity index (χ2n) is 4.46. The van der Waals surface area contributed by atoms with E-state index < -0.39 is 0 Å². The minimum atomic E-state index is 0. The fraction of sp³-hybridized carbons (Fsp3) is 0.833. The van der Waals surface area contributed by atoms with Crippen LogP contribution >= 0.6 is 24.8 Å². The van der Waals surface area contributed by atoms with E-state index in [0.717, 1.165) is 32.7 Å². The summed E-state index contributed by atoms with van der Waals surface area (Å²) < 4.78 is 0. The van der Waals surface area contributed by atoms with Crippen molar-refractivity contribution in [1.29, 1.82) is 0 Å². The van der Waals surface area contributed by atoms with Gasteiger partial charge in [-0.3, -0.25) is 14.5 Å². The van der Waals surface area contributed by atoms with Crippen molar-refractivity contribution >= 4 is 36.6 Å². The topological polar surface area (TPSA) is 64.7 Å². The molecule has 0 spiro atoms. The Morgan fingerprint density at radius 1 is 1.10 bits per heavy atom. The van der Waals surface area contributed by atoms with Crippen LogP contribution in [0.4, 0.5) is 0 Å². The number of carbonyl (C=O) groups excluding carboxylic acids is 2. The Bertz CT molecular complexity index is 285. The van der Waals surface area contributed by atoms with Gasteiger partial charge in [-0.25, -0.2) is 0 Å². The first kappa shape index (κ1) is 21.7. The molecule has 1 heterocycles. The predicted molar refractivity (Wildman–Crippen MR) is 84.7 cm³/mol. The second kappa shape index (κ2) is 12.2. The van der Waals surface area contributed by atoms with Crippen molar-refractivity contribution in [1.82, 2.24) is 20.4 Å². The summed E-state index contributed by atoms with van der Waals surface area (Å²) >= 11 is 0. The van der Waals surface area contributed by atoms with Gasteiger partial charge in [0.05, 0.1) is 6.54 Å². The number of rotatable bonds is 6. The maximum atomic E-state index is 11.8. The summed E-state index contributed by atoms with van der Waals surface area (Å²) in [4.78, 5) is 27.2. The quantitative estimate of drug-likeness (QED) is 0.704. The second-order valence-corrected chi connectivity index (χ2v) is 4.46. The zero-order valence-electron chi connectivity index (χ0n) is 12.2. The first-order valence-electron chi connectivity index (χ1n) is 6.58. The Kier molecular flexibility index (Phi) is 13.3. The maximum Gasteiger partial charge on any atom is 0.234 e. The molecule has 1 aliphatic rings. The largest absolute Gasteiger partial charge is 0.355 e. The molecule has 1 rings (SSSR count). The molecule has 8 heteroatoms. The highest BCUT2D eigenvalue weighted by Crippen LogP contribution is 2.03. The lowest BCUT2D eigenvalue weighted by Crippen LogP contribution is -2.51. The average molecular weight is 329 g/mol. The van der Waals surface area contributed by atoms with Gasteiger partial charge < -0.3 is 15.5 Å². The summed E-state index contributed by atoms with van der Waals surface area (Å²) in [7, 11) is 1.84. The highest BCUT2D eigenvalue weighted by molar-refractivity contribution is 5.85. The van der Waals surface area contributed by atoms with Crippen LogP contribution in [0, 0.1) is 0 Å². The SMILES string of the molecule is CCNC(=O)CN1CCN(C(=O)CCNC)CC1.Cl.Cl. The summed E-state index contributed by atoms with van der Waals surface area (Å²) in [6, 6.07) is 0. The average Bonchev–Trinajstić information content (AvgIpc) is 2.37. The molecule has 0 aromatic heterocycles. The zero-order valence-corrected chi connectivity index (χ0v) is 13.8. The molecule has 0 radical (unpaired) electrons. The lowest BCUT2D eigenvalue weighted by atomic mass is 10.2. The number of hydrogen-bond donors (Lipinski definition) is 2. The fourth-order valence-corrected chi connectivity index (χ4v) is 2.00. The molecule has 20 heavy (non-hydrogen) atoms. The summed E-state index contributed by atoms with van der Waals surface area (Å²) in [5.41, 5.74) is 0. The van der Waals surface area contributed by atoms with Crippen LogP contribution < -0.4 is 10.6 Å². The van der Waals surface area contributed by atoms with E-state index in [-0.39, 0.29) is 36.6 Å². The first-order valence-corrected chi connectivity index (χ1v) is 6.58. The maximum absolute atomic E-state index is 11.8. The molecule has 0 atom stereocenters. The molecule has 1 saturated heterocycles. The van der Waals surface area contributed by atoms with Gasteiger partial charge >= 0.3 is 0 Å². The van der Waals surface area contributed by atoms with Crippen LogP contribution in [0.1, 0.15) is 13.3 Å². The Balaban J connectivity index is 0. The summed E-state index contributed by atoms with van der Waals surface area (Å²) in [6.07, 6.45) is 0.548. The Labute approximate surface area is 133 Å². The minimum Gasteiger partial charge on any atom is -0.355 e. The standard InChI is InChI=1S/C12H24N4O2.2ClH/c1-3-14-11(17)10-15-6-8-16(9-7-15)12(18)4-5-13-2;;/h13H,3-10H2,1-2H3,(H,14,17);2*1H. The van der Waals surface area contributed by atoms with E-state index in [0.29, 0.717) is 19.5 Å². The van der Waals surface area contributed by atoms with Crippen molar-refractivity contribution < 1.29 is 9.59 Å². The van der Waals surface area contributed by atoms with Gasteiger partial charge in [-0.1, -0.05) is 0 Å². The number of amides is 2. The van der Waals surface area contributed by atoms with Crippen LogP contribution in [0.5, 0.6) is 0 Å². The lowest BCUT2D eigenvalue weighted by Gasteiger charge is -2.34. The Morgan fingerprint density at radius 2 is 1.70 bits per heavy atom. The van der Waals surface area contributed by atoms with E-state index in [1.165, 1.54) is 0 Å². The van der Waals surface area contributed by atoms with Crippen molar-refractivity contribution in [2.24, 2.45) is 0 Å². The van der Waals surface area contributed by atoms with E-state index >= 15 is 0 Å². The first-order chi connectivity index (χ1) is 8.67. The molecule has 0 aromatic rings. The van der Waals surface area contributed by atoms with E-state index in [1.54, 1.807) is 0 Å². The molecule has 6 nitrogen and oxygen atoms in total. The third-order valence-electron chi connectivity index (χ3n) is 3.06. The molecule has 0 aromatic carbocycles. The Morgan fingerprint density at radius 3 is 2.20 bits per heavy atom. The number of halogens is 2. The van der Waals surface area contributed by atoms with Crippen molar-refractivity contribution in [3.63, 3.8) is 0 Å². The van der Waals surface area contributed by atoms with Crippen LogP contribution in [-0.2, 0) is 9.59 Å². The van der Waals surface area contributed by atoms with Gasteiger partial charge in [0.1, 0.15) is 0 Å². The van der Waals surface area contributed by atoms with Crippen LogP contribution in [0.2, 0.25) is 0 Å². The van der Waals surface area contributed by atoms with Crippen molar-refractivity contribution in [3.05, 3.63) is 0 Å². The molecule has 2 amide bonds. The van der Waals surface area contributed by atoms with Crippen molar-refractivity contribution in [2.75, 3.05) is 52.9 Å². The number of nitrogens with one attached hydrogen (secondary N) is 2. The fourth-order valence-electron chi connectivity index (χ4n) is 2.00. The van der Waals surface area contributed by atoms with E-state index in [9.17, 15) is 9.59 Å². The molecule has 1 aliphatic heterocycles. The highest BCUT2D eigenvalue weighted by atomic mass is 35.5. The molecule has 0 bridgehead atoms. The van der Waals surface area contributed by atoms with Crippen molar-refractivity contribution in [2.45, 2.75) is 13.3 Å². The van der Waals surface area contributed by atoms with E-state index in [4.69, 9.17) is 0 Å². The molecule has 1 fully saturated rings. The number of likely N-dealkylation sites (N-methyl/N-ethyl adjacent to an activating group) is 1. The summed E-state index contributed by atoms with van der Waals surface area (Å²) in [5.74, 6) is 0.259. The van der Waals surface area contributed by atoms with E-state index in [2.05, 4.69) is 15.5 Å². The molecule has 0 unspecified atom stereocenters. The van der Waals surface area contributed by atoms with Gasteiger partial charge in [0.2, 0.25) is 11.8 Å². The predicted octanol–water partition coefficient (Wildman–Crippen LogP) is -0.280. The molecule has 2 N–H and O–H groups in total. The third-order valence-corrected chi connectivity index (χ3v) is 3.06. The highest BCUT2D eigenvalue weighted by Gasteiger charge is 2.21. The minimum absolute atomic E-state index is 0. The van der Waals surface area contributed by atoms with Gasteiger partial charge in [0.15, 0.2) is 0 Å². The number of nitrogens with zero attached hydrogens (tertiary/aromatic N) is 2. The van der Waals surface area contributed by atoms with Gasteiger partial charge in [0.25, 0.3) is 0 Å². The monoisotopic (exact) mass is 328 g/mol. The van der Waals surface area contributed by atoms with Gasteiger partial charge in [0, 0.05) is 45.7 Å². The molecule has 120 valence electrons. The smallest absolute Gasteiger partial charge is 0.234 e. The number of hydrogen-bond acceptors (Lipinski definition) is 4. The van der Waals surface area contributed by atoms with Crippen LogP contribution in [0.25, 0.3) is 0 Å². The van der Waals surface area contributed by atoms with Gasteiger partial charge in [-0.2, -0.15) is 0 Å². The summed E-state index contributed by atoms with van der Waals surface area (Å²) in [5, 5.41) is 5.76. The molecule has 0 saturated carbocycles. The van der Waals surface area contributed by atoms with Crippen LogP contribution in [0.15, 0.2) is 0 Å². The number of piperazine rings is 1.